The molecule has 0 saturated heterocycles. The van der Waals surface area contributed by atoms with Gasteiger partial charge in [-0.25, -0.2) is 9.97 Å². The summed E-state index contributed by atoms with van der Waals surface area (Å²) in [5, 5.41) is 7.27. The fourth-order valence-corrected chi connectivity index (χ4v) is 3.30. The minimum absolute atomic E-state index is 0.0886. The van der Waals surface area contributed by atoms with Crippen LogP contribution in [0.3, 0.4) is 0 Å². The predicted octanol–water partition coefficient (Wildman–Crippen LogP) is 4.35. The number of halogens is 3. The second-order valence-corrected chi connectivity index (χ2v) is 6.53. The van der Waals surface area contributed by atoms with Crippen molar-refractivity contribution in [2.75, 3.05) is 5.32 Å². The number of carbonyl (C=O) groups is 1. The minimum atomic E-state index is -4.72. The summed E-state index contributed by atoms with van der Waals surface area (Å²) in [6.07, 6.45) is -3.04. The molecule has 0 fully saturated rings. The van der Waals surface area contributed by atoms with Gasteiger partial charge in [0.1, 0.15) is 10.8 Å². The lowest BCUT2D eigenvalue weighted by Crippen LogP contribution is -2.16. The molecular weight excluding hydrogens is 375 g/mol. The summed E-state index contributed by atoms with van der Waals surface area (Å²) >= 11 is 2.62. The molecule has 3 rings (SSSR count). The van der Waals surface area contributed by atoms with Crippen molar-refractivity contribution in [1.82, 2.24) is 9.97 Å². The Morgan fingerprint density at radius 2 is 1.96 bits per heavy atom. The molecule has 1 aromatic carbocycles. The Hall–Kier alpha value is -2.46. The molecule has 2 heterocycles. The average Bonchev–Trinajstić information content (AvgIpc) is 3.18. The van der Waals surface area contributed by atoms with Crippen molar-refractivity contribution < 1.29 is 22.7 Å². The highest BCUT2D eigenvalue weighted by molar-refractivity contribution is 7.13. The monoisotopic (exact) mass is 385 g/mol. The van der Waals surface area contributed by atoms with Crippen LogP contribution in [-0.2, 0) is 11.2 Å². The van der Waals surface area contributed by atoms with Gasteiger partial charge in [-0.1, -0.05) is 0 Å². The first-order chi connectivity index (χ1) is 11.9. The Morgan fingerprint density at radius 3 is 2.60 bits per heavy atom. The zero-order valence-corrected chi connectivity index (χ0v) is 14.0. The highest BCUT2D eigenvalue weighted by atomic mass is 32.1. The summed E-state index contributed by atoms with van der Waals surface area (Å²) < 4.78 is 40.3. The van der Waals surface area contributed by atoms with E-state index >= 15 is 0 Å². The van der Waals surface area contributed by atoms with Crippen molar-refractivity contribution in [2.24, 2.45) is 0 Å². The molecule has 0 unspecified atom stereocenters. The Kier molecular flexibility index (Phi) is 5.00. The van der Waals surface area contributed by atoms with E-state index in [1.165, 1.54) is 46.9 Å². The summed E-state index contributed by atoms with van der Waals surface area (Å²) in [6, 6.07) is 5.41. The number of hydrogen-bond donors (Lipinski definition) is 1. The third-order valence-corrected chi connectivity index (χ3v) is 4.54. The van der Waals surface area contributed by atoms with Crippen LogP contribution < -0.4 is 10.1 Å². The van der Waals surface area contributed by atoms with Gasteiger partial charge in [-0.2, -0.15) is 0 Å². The predicted molar refractivity (Wildman–Crippen MR) is 88.7 cm³/mol. The Balaban J connectivity index is 1.63. The van der Waals surface area contributed by atoms with Crippen molar-refractivity contribution in [3.8, 4) is 16.3 Å². The molecule has 0 atom stereocenters. The Labute approximate surface area is 148 Å². The van der Waals surface area contributed by atoms with Crippen LogP contribution in [0.2, 0.25) is 0 Å². The summed E-state index contributed by atoms with van der Waals surface area (Å²) in [6.45, 7) is 0. The largest absolute Gasteiger partial charge is 0.573 e. The van der Waals surface area contributed by atoms with Crippen LogP contribution in [-0.4, -0.2) is 22.2 Å². The summed E-state index contributed by atoms with van der Waals surface area (Å²) in [4.78, 5) is 20.2. The fourth-order valence-electron chi connectivity index (χ4n) is 1.93. The molecule has 1 N–H and O–H groups in total. The van der Waals surface area contributed by atoms with Crippen LogP contribution in [0.1, 0.15) is 5.69 Å². The standard InChI is InChI=1S/C15H10F3N3O2S2/c16-15(17,18)23-11-3-1-9(2-4-11)13-20-10(8-25-13)7-12(22)21-14-19-5-6-24-14/h1-6,8H,7H2,(H,19,21,22). The van der Waals surface area contributed by atoms with Gasteiger partial charge in [0.2, 0.25) is 5.91 Å². The maximum absolute atomic E-state index is 12.2. The van der Waals surface area contributed by atoms with Crippen molar-refractivity contribution in [3.63, 3.8) is 0 Å². The molecule has 0 aliphatic heterocycles. The molecule has 0 aliphatic carbocycles. The van der Waals surface area contributed by atoms with Gasteiger partial charge in [0.05, 0.1) is 12.1 Å². The van der Waals surface area contributed by atoms with Gasteiger partial charge < -0.3 is 10.1 Å². The second kappa shape index (κ2) is 7.19. The number of ether oxygens (including phenoxy) is 1. The van der Waals surface area contributed by atoms with E-state index in [0.717, 1.165) is 0 Å². The second-order valence-electron chi connectivity index (χ2n) is 4.78. The molecule has 5 nitrogen and oxygen atoms in total. The van der Waals surface area contributed by atoms with Gasteiger partial charge in [0.25, 0.3) is 0 Å². The number of alkyl halides is 3. The molecule has 2 aromatic heterocycles. The van der Waals surface area contributed by atoms with E-state index in [-0.39, 0.29) is 18.1 Å². The smallest absolute Gasteiger partial charge is 0.406 e. The van der Waals surface area contributed by atoms with Gasteiger partial charge in [-0.3, -0.25) is 4.79 Å². The van der Waals surface area contributed by atoms with Gasteiger partial charge in [0, 0.05) is 22.5 Å². The number of aromatic nitrogens is 2. The normalized spacial score (nSPS) is 11.3. The average molecular weight is 385 g/mol. The SMILES string of the molecule is O=C(Cc1csc(-c2ccc(OC(F)(F)F)cc2)n1)Nc1nccs1. The number of thiazole rings is 2. The van der Waals surface area contributed by atoms with Gasteiger partial charge in [0.15, 0.2) is 5.13 Å². The van der Waals surface area contributed by atoms with E-state index in [4.69, 9.17) is 0 Å². The number of hydrogen-bond acceptors (Lipinski definition) is 6. The van der Waals surface area contributed by atoms with Crippen LogP contribution in [0.4, 0.5) is 18.3 Å². The number of amides is 1. The first kappa shape index (κ1) is 17.4. The van der Waals surface area contributed by atoms with Gasteiger partial charge in [-0.05, 0) is 24.3 Å². The molecule has 3 aromatic rings. The topological polar surface area (TPSA) is 64.1 Å². The van der Waals surface area contributed by atoms with E-state index in [1.54, 1.807) is 17.0 Å². The Bertz CT molecular complexity index is 846. The highest BCUT2D eigenvalue weighted by Crippen LogP contribution is 2.28. The number of benzene rings is 1. The number of carbonyl (C=O) groups excluding carboxylic acids is 1. The molecule has 10 heteroatoms. The molecule has 130 valence electrons. The van der Waals surface area contributed by atoms with Crippen molar-refractivity contribution in [1.29, 1.82) is 0 Å². The first-order valence-electron chi connectivity index (χ1n) is 6.89. The van der Waals surface area contributed by atoms with Crippen LogP contribution in [0, 0.1) is 0 Å². The zero-order valence-electron chi connectivity index (χ0n) is 12.4. The maximum atomic E-state index is 12.2. The molecule has 0 radical (unpaired) electrons. The summed E-state index contributed by atoms with van der Waals surface area (Å²) in [7, 11) is 0. The van der Waals surface area contributed by atoms with E-state index in [0.29, 0.717) is 21.4 Å². The first-order valence-corrected chi connectivity index (χ1v) is 8.65. The lowest BCUT2D eigenvalue weighted by Gasteiger charge is -2.08. The minimum Gasteiger partial charge on any atom is -0.406 e. The molecule has 0 spiro atoms. The Morgan fingerprint density at radius 1 is 1.20 bits per heavy atom. The van der Waals surface area contributed by atoms with E-state index in [9.17, 15) is 18.0 Å². The molecule has 0 aliphatic rings. The molecule has 1 amide bonds. The number of nitrogens with one attached hydrogen (secondary N) is 1. The van der Waals surface area contributed by atoms with Gasteiger partial charge >= 0.3 is 6.36 Å². The fraction of sp³-hybridized carbons (Fsp3) is 0.133. The third kappa shape index (κ3) is 5.00. The zero-order chi connectivity index (χ0) is 17.9. The van der Waals surface area contributed by atoms with E-state index in [1.807, 2.05) is 0 Å². The molecule has 25 heavy (non-hydrogen) atoms. The van der Waals surface area contributed by atoms with Crippen molar-refractivity contribution in [3.05, 3.63) is 46.9 Å². The summed E-state index contributed by atoms with van der Waals surface area (Å²) in [5.74, 6) is -0.531. The van der Waals surface area contributed by atoms with E-state index < -0.39 is 6.36 Å². The maximum Gasteiger partial charge on any atom is 0.573 e. The lowest BCUT2D eigenvalue weighted by atomic mass is 10.2. The van der Waals surface area contributed by atoms with Crippen LogP contribution in [0.15, 0.2) is 41.2 Å². The van der Waals surface area contributed by atoms with Crippen LogP contribution in [0.5, 0.6) is 5.75 Å². The van der Waals surface area contributed by atoms with Crippen molar-refractivity contribution in [2.45, 2.75) is 12.8 Å². The number of nitrogens with zero attached hydrogens (tertiary/aromatic N) is 2. The summed E-state index contributed by atoms with van der Waals surface area (Å²) in [5.41, 5.74) is 1.22. The number of anilines is 1. The van der Waals surface area contributed by atoms with Crippen molar-refractivity contribution >= 4 is 33.7 Å². The molecule has 0 bridgehead atoms. The quantitative estimate of drug-likeness (QED) is 0.709. The third-order valence-electron chi connectivity index (χ3n) is 2.91. The lowest BCUT2D eigenvalue weighted by molar-refractivity contribution is -0.274. The van der Waals surface area contributed by atoms with Gasteiger partial charge in [-0.15, -0.1) is 35.8 Å². The highest BCUT2D eigenvalue weighted by Gasteiger charge is 2.31. The molecular formula is C15H10F3N3O2S2. The number of rotatable bonds is 5. The van der Waals surface area contributed by atoms with Crippen LogP contribution in [0.25, 0.3) is 10.6 Å². The van der Waals surface area contributed by atoms with E-state index in [2.05, 4.69) is 20.0 Å². The van der Waals surface area contributed by atoms with Crippen LogP contribution >= 0.6 is 22.7 Å². The molecule has 0 saturated carbocycles.